The monoisotopic (exact) mass is 276 g/mol. The van der Waals surface area contributed by atoms with E-state index in [1.807, 2.05) is 13.8 Å². The average Bonchev–Trinajstić information content (AvgIpc) is 2.23. The normalized spacial score (nSPS) is 20.6. The summed E-state index contributed by atoms with van der Waals surface area (Å²) >= 11 is 3.40. The fourth-order valence-corrected chi connectivity index (χ4v) is 1.79. The minimum absolute atomic E-state index is 0.0135. The first-order valence-corrected chi connectivity index (χ1v) is 6.36. The van der Waals surface area contributed by atoms with Gasteiger partial charge in [-0.2, -0.15) is 0 Å². The Morgan fingerprint density at radius 3 is 2.67 bits per heavy atom. The SMILES string of the molecule is CCOC1=NC(CCBr)C(OCC)=NC1. The summed E-state index contributed by atoms with van der Waals surface area (Å²) in [6.45, 7) is 5.68. The number of nitrogens with zero attached hydrogens (tertiary/aromatic N) is 2. The van der Waals surface area contributed by atoms with E-state index in [2.05, 4.69) is 25.9 Å². The Kier molecular flexibility index (Phi) is 5.68. The van der Waals surface area contributed by atoms with Crippen molar-refractivity contribution in [3.63, 3.8) is 0 Å². The van der Waals surface area contributed by atoms with Crippen LogP contribution in [0, 0.1) is 0 Å². The maximum absolute atomic E-state index is 5.44. The minimum Gasteiger partial charge on any atom is -0.480 e. The Balaban J connectivity index is 2.61. The second-order valence-electron chi connectivity index (χ2n) is 3.04. The molecule has 5 heteroatoms. The molecule has 1 rings (SSSR count). The van der Waals surface area contributed by atoms with Gasteiger partial charge in [0.05, 0.1) is 13.2 Å². The zero-order valence-corrected chi connectivity index (χ0v) is 10.8. The summed E-state index contributed by atoms with van der Waals surface area (Å²) in [5, 5.41) is 0.882. The van der Waals surface area contributed by atoms with Crippen LogP contribution >= 0.6 is 15.9 Å². The molecule has 0 saturated heterocycles. The maximum Gasteiger partial charge on any atom is 0.209 e. The first-order valence-electron chi connectivity index (χ1n) is 5.24. The quantitative estimate of drug-likeness (QED) is 0.738. The Bertz CT molecular complexity index is 254. The second kappa shape index (κ2) is 6.82. The van der Waals surface area contributed by atoms with Crippen LogP contribution in [0.5, 0.6) is 0 Å². The van der Waals surface area contributed by atoms with E-state index in [9.17, 15) is 0 Å². The van der Waals surface area contributed by atoms with Gasteiger partial charge in [-0.3, -0.25) is 0 Å². The van der Waals surface area contributed by atoms with Gasteiger partial charge in [0.25, 0.3) is 0 Å². The lowest BCUT2D eigenvalue weighted by atomic mass is 10.2. The molecule has 86 valence electrons. The van der Waals surface area contributed by atoms with Crippen LogP contribution in [0.3, 0.4) is 0 Å². The van der Waals surface area contributed by atoms with Crippen LogP contribution in [0.4, 0.5) is 0 Å². The van der Waals surface area contributed by atoms with Crippen molar-refractivity contribution in [2.24, 2.45) is 9.98 Å². The van der Waals surface area contributed by atoms with E-state index in [1.165, 1.54) is 0 Å². The highest BCUT2D eigenvalue weighted by Crippen LogP contribution is 2.11. The number of ether oxygens (including phenoxy) is 2. The number of halogens is 1. The van der Waals surface area contributed by atoms with Crippen LogP contribution in [0.25, 0.3) is 0 Å². The number of hydrogen-bond donors (Lipinski definition) is 0. The second-order valence-corrected chi connectivity index (χ2v) is 3.83. The molecule has 15 heavy (non-hydrogen) atoms. The predicted molar refractivity (Wildman–Crippen MR) is 65.2 cm³/mol. The number of aliphatic imine (C=N–C) groups is 2. The minimum atomic E-state index is 0.0135. The van der Waals surface area contributed by atoms with Crippen LogP contribution in [0.2, 0.25) is 0 Å². The van der Waals surface area contributed by atoms with Crippen molar-refractivity contribution < 1.29 is 9.47 Å². The highest BCUT2D eigenvalue weighted by atomic mass is 79.9. The van der Waals surface area contributed by atoms with Gasteiger partial charge < -0.3 is 9.47 Å². The molecule has 1 aliphatic heterocycles. The van der Waals surface area contributed by atoms with Gasteiger partial charge >= 0.3 is 0 Å². The van der Waals surface area contributed by atoms with Gasteiger partial charge in [0.1, 0.15) is 12.6 Å². The van der Waals surface area contributed by atoms with Crippen molar-refractivity contribution in [2.45, 2.75) is 26.3 Å². The summed E-state index contributed by atoms with van der Waals surface area (Å²) in [6, 6.07) is 0.0135. The van der Waals surface area contributed by atoms with Crippen LogP contribution < -0.4 is 0 Å². The highest BCUT2D eigenvalue weighted by Gasteiger charge is 2.21. The third-order valence-electron chi connectivity index (χ3n) is 1.94. The van der Waals surface area contributed by atoms with E-state index in [4.69, 9.17) is 9.47 Å². The van der Waals surface area contributed by atoms with Crippen molar-refractivity contribution in [1.82, 2.24) is 0 Å². The summed E-state index contributed by atoms with van der Waals surface area (Å²) in [7, 11) is 0. The zero-order chi connectivity index (χ0) is 11.1. The molecule has 0 amide bonds. The molecule has 0 bridgehead atoms. The van der Waals surface area contributed by atoms with Gasteiger partial charge in [-0.25, -0.2) is 9.98 Å². The van der Waals surface area contributed by atoms with Gasteiger partial charge in [-0.15, -0.1) is 0 Å². The van der Waals surface area contributed by atoms with Gasteiger partial charge in [0.2, 0.25) is 11.8 Å². The largest absolute Gasteiger partial charge is 0.480 e. The van der Waals surface area contributed by atoms with E-state index in [0.717, 1.165) is 17.6 Å². The maximum atomic E-state index is 5.44. The molecule has 0 spiro atoms. The average molecular weight is 277 g/mol. The van der Waals surface area contributed by atoms with Gasteiger partial charge in [-0.05, 0) is 20.3 Å². The Hall–Kier alpha value is -0.580. The molecule has 0 aromatic rings. The summed E-state index contributed by atoms with van der Waals surface area (Å²) in [4.78, 5) is 8.81. The van der Waals surface area contributed by atoms with Crippen molar-refractivity contribution in [3.8, 4) is 0 Å². The number of hydrogen-bond acceptors (Lipinski definition) is 4. The molecule has 1 heterocycles. The summed E-state index contributed by atoms with van der Waals surface area (Å²) in [5.74, 6) is 1.45. The Labute approximate surface area is 98.9 Å². The van der Waals surface area contributed by atoms with Gasteiger partial charge in [0, 0.05) is 5.33 Å². The molecule has 1 unspecified atom stereocenters. The van der Waals surface area contributed by atoms with Crippen LogP contribution in [-0.4, -0.2) is 42.9 Å². The van der Waals surface area contributed by atoms with E-state index >= 15 is 0 Å². The molecule has 0 radical (unpaired) electrons. The fraction of sp³-hybridized carbons (Fsp3) is 0.800. The standard InChI is InChI=1S/C10H17BrN2O2/c1-3-14-9-7-12-10(15-4-2)8(13-9)5-6-11/h8H,3-7H2,1-2H3. The summed E-state index contributed by atoms with van der Waals surface area (Å²) in [6.07, 6.45) is 0.884. The van der Waals surface area contributed by atoms with Crippen LogP contribution in [0.1, 0.15) is 20.3 Å². The van der Waals surface area contributed by atoms with Crippen molar-refractivity contribution in [1.29, 1.82) is 0 Å². The Morgan fingerprint density at radius 1 is 1.33 bits per heavy atom. The third-order valence-corrected chi connectivity index (χ3v) is 2.40. The lowest BCUT2D eigenvalue weighted by molar-refractivity contribution is 0.293. The molecular weight excluding hydrogens is 260 g/mol. The van der Waals surface area contributed by atoms with Gasteiger partial charge in [0.15, 0.2) is 0 Å². The molecule has 4 nitrogen and oxygen atoms in total. The molecule has 0 aromatic carbocycles. The van der Waals surface area contributed by atoms with Crippen molar-refractivity contribution in [3.05, 3.63) is 0 Å². The van der Waals surface area contributed by atoms with E-state index in [0.29, 0.717) is 25.7 Å². The fourth-order valence-electron chi connectivity index (χ4n) is 1.35. The lowest BCUT2D eigenvalue weighted by Gasteiger charge is -2.20. The van der Waals surface area contributed by atoms with Crippen molar-refractivity contribution >= 4 is 27.7 Å². The zero-order valence-electron chi connectivity index (χ0n) is 9.20. The molecule has 1 aliphatic rings. The summed E-state index contributed by atoms with van der Waals surface area (Å²) < 4.78 is 10.8. The topological polar surface area (TPSA) is 43.2 Å². The first kappa shape index (κ1) is 12.5. The van der Waals surface area contributed by atoms with E-state index in [1.54, 1.807) is 0 Å². The van der Waals surface area contributed by atoms with Crippen molar-refractivity contribution in [2.75, 3.05) is 25.1 Å². The Morgan fingerprint density at radius 2 is 2.07 bits per heavy atom. The molecule has 0 N–H and O–H groups in total. The first-order chi connectivity index (χ1) is 7.31. The molecule has 1 atom stereocenters. The van der Waals surface area contributed by atoms with Crippen LogP contribution in [-0.2, 0) is 9.47 Å². The predicted octanol–water partition coefficient (Wildman–Crippen LogP) is 2.02. The van der Waals surface area contributed by atoms with Gasteiger partial charge in [-0.1, -0.05) is 15.9 Å². The smallest absolute Gasteiger partial charge is 0.209 e. The lowest BCUT2D eigenvalue weighted by Crippen LogP contribution is -2.30. The molecule has 0 fully saturated rings. The highest BCUT2D eigenvalue weighted by molar-refractivity contribution is 9.09. The van der Waals surface area contributed by atoms with E-state index < -0.39 is 0 Å². The molecule has 0 aliphatic carbocycles. The molecule has 0 aromatic heterocycles. The molecular formula is C10H17BrN2O2. The third kappa shape index (κ3) is 3.81. The number of alkyl halides is 1. The van der Waals surface area contributed by atoms with E-state index in [-0.39, 0.29) is 6.04 Å². The summed E-state index contributed by atoms with van der Waals surface area (Å²) in [5.41, 5.74) is 0. The number of rotatable bonds is 4. The molecule has 0 saturated carbocycles. The van der Waals surface area contributed by atoms with Crippen LogP contribution in [0.15, 0.2) is 9.98 Å².